The van der Waals surface area contributed by atoms with Gasteiger partial charge in [-0.25, -0.2) is 0 Å². The predicted octanol–water partition coefficient (Wildman–Crippen LogP) is 14.8. The minimum atomic E-state index is -0.772. The van der Waals surface area contributed by atoms with Crippen molar-refractivity contribution in [1.29, 1.82) is 0 Å². The maximum atomic E-state index is 12.7. The monoisotopic (exact) mass is 761 g/mol. The van der Waals surface area contributed by atoms with Crippen molar-refractivity contribution in [3.8, 4) is 0 Å². The van der Waals surface area contributed by atoms with Crippen molar-refractivity contribution in [3.63, 3.8) is 0 Å². The zero-order chi connectivity index (χ0) is 39.4. The number of carbonyl (C=O) groups excluding carboxylic acids is 3. The van der Waals surface area contributed by atoms with E-state index in [1.165, 1.54) is 135 Å². The van der Waals surface area contributed by atoms with Crippen LogP contribution in [0.5, 0.6) is 0 Å². The van der Waals surface area contributed by atoms with Gasteiger partial charge >= 0.3 is 17.9 Å². The van der Waals surface area contributed by atoms with Gasteiger partial charge in [-0.05, 0) is 64.2 Å². The second-order valence-corrected chi connectivity index (χ2v) is 15.7. The molecule has 6 heteroatoms. The molecule has 0 fully saturated rings. The van der Waals surface area contributed by atoms with E-state index in [2.05, 4.69) is 45.1 Å². The highest BCUT2D eigenvalue weighted by molar-refractivity contribution is 5.71. The van der Waals surface area contributed by atoms with Gasteiger partial charge in [0.25, 0.3) is 0 Å². The first-order valence-corrected chi connectivity index (χ1v) is 23.3. The second kappa shape index (κ2) is 43.6. The van der Waals surface area contributed by atoms with Crippen molar-refractivity contribution in [2.24, 2.45) is 0 Å². The van der Waals surface area contributed by atoms with Crippen LogP contribution in [0.4, 0.5) is 0 Å². The van der Waals surface area contributed by atoms with Crippen molar-refractivity contribution >= 4 is 17.9 Å². The highest BCUT2D eigenvalue weighted by atomic mass is 16.6. The first-order chi connectivity index (χ1) is 26.5. The molecule has 316 valence electrons. The summed E-state index contributed by atoms with van der Waals surface area (Å²) < 4.78 is 16.7. The Morgan fingerprint density at radius 1 is 0.352 bits per heavy atom. The van der Waals surface area contributed by atoms with Crippen molar-refractivity contribution in [2.45, 2.75) is 252 Å². The third-order valence-corrected chi connectivity index (χ3v) is 10.2. The van der Waals surface area contributed by atoms with Gasteiger partial charge in [0.05, 0.1) is 0 Å². The average Bonchev–Trinajstić information content (AvgIpc) is 3.17. The molecular weight excluding hydrogens is 673 g/mol. The van der Waals surface area contributed by atoms with Crippen molar-refractivity contribution in [1.82, 2.24) is 0 Å². The Labute approximate surface area is 334 Å². The number of ether oxygens (including phenoxy) is 3. The fourth-order valence-corrected chi connectivity index (χ4v) is 6.59. The molecule has 1 atom stereocenters. The van der Waals surface area contributed by atoms with E-state index < -0.39 is 6.10 Å². The summed E-state index contributed by atoms with van der Waals surface area (Å²) in [6, 6.07) is 0. The number of rotatable bonds is 42. The van der Waals surface area contributed by atoms with Crippen LogP contribution in [0.15, 0.2) is 24.3 Å². The van der Waals surface area contributed by atoms with Gasteiger partial charge in [0.1, 0.15) is 13.2 Å². The van der Waals surface area contributed by atoms with Crippen LogP contribution in [0.2, 0.25) is 0 Å². The molecule has 0 N–H and O–H groups in total. The molecule has 0 saturated carbocycles. The predicted molar refractivity (Wildman–Crippen MR) is 229 cm³/mol. The summed E-state index contributed by atoms with van der Waals surface area (Å²) in [6.45, 7) is 6.56. The van der Waals surface area contributed by atoms with Crippen molar-refractivity contribution < 1.29 is 28.6 Å². The molecule has 0 bridgehead atoms. The minimum Gasteiger partial charge on any atom is -0.462 e. The zero-order valence-corrected chi connectivity index (χ0v) is 36.0. The number of allylic oxidation sites excluding steroid dienone is 4. The molecule has 0 aliphatic rings. The van der Waals surface area contributed by atoms with Gasteiger partial charge in [0.15, 0.2) is 6.10 Å². The van der Waals surface area contributed by atoms with Gasteiger partial charge in [-0.1, -0.05) is 186 Å². The molecule has 0 heterocycles. The van der Waals surface area contributed by atoms with E-state index in [4.69, 9.17) is 14.2 Å². The lowest BCUT2D eigenvalue weighted by molar-refractivity contribution is -0.167. The lowest BCUT2D eigenvalue weighted by Crippen LogP contribution is -2.30. The largest absolute Gasteiger partial charge is 0.462 e. The third-order valence-electron chi connectivity index (χ3n) is 10.2. The number of hydrogen-bond acceptors (Lipinski definition) is 6. The fourth-order valence-electron chi connectivity index (χ4n) is 6.59. The molecule has 0 unspecified atom stereocenters. The molecule has 6 nitrogen and oxygen atoms in total. The third kappa shape index (κ3) is 41.1. The molecular formula is C48H88O6. The van der Waals surface area contributed by atoms with Gasteiger partial charge in [-0.15, -0.1) is 0 Å². The normalized spacial score (nSPS) is 12.1. The average molecular weight is 761 g/mol. The van der Waals surface area contributed by atoms with Crippen LogP contribution in [-0.4, -0.2) is 37.2 Å². The Hall–Kier alpha value is -2.11. The summed E-state index contributed by atoms with van der Waals surface area (Å²) >= 11 is 0. The number of esters is 3. The van der Waals surface area contributed by atoms with Crippen LogP contribution in [0.3, 0.4) is 0 Å². The first-order valence-electron chi connectivity index (χ1n) is 23.3. The van der Waals surface area contributed by atoms with E-state index in [0.717, 1.165) is 70.6 Å². The van der Waals surface area contributed by atoms with Gasteiger partial charge in [-0.2, -0.15) is 0 Å². The van der Waals surface area contributed by atoms with Crippen molar-refractivity contribution in [2.75, 3.05) is 13.2 Å². The Morgan fingerprint density at radius 3 is 1.02 bits per heavy atom. The molecule has 0 aliphatic heterocycles. The lowest BCUT2D eigenvalue weighted by atomic mass is 10.0. The standard InChI is InChI=1S/C48H88O6/c1-4-7-10-13-16-19-22-24-27-29-32-35-38-41-47(50)53-44-45(43-52-46(49)40-37-34-31-28-25-21-18-15-12-9-6-3)54-48(51)42-39-36-33-30-26-23-20-17-14-11-8-5-2/h15,17-18,20,45H,4-14,16,19,21-44H2,1-3H3/b18-15-,20-17-/t45-/m1/s1. The number of carbonyl (C=O) groups is 3. The summed E-state index contributed by atoms with van der Waals surface area (Å²) in [5, 5.41) is 0. The molecule has 0 spiro atoms. The highest BCUT2D eigenvalue weighted by Crippen LogP contribution is 2.15. The molecule has 0 aromatic rings. The Morgan fingerprint density at radius 2 is 0.630 bits per heavy atom. The fraction of sp³-hybridized carbons (Fsp3) is 0.854. The molecule has 0 radical (unpaired) electrons. The SMILES string of the molecule is CCCC/C=C\CCCCCCCC(=O)OC[C@H](COC(=O)CCCCCCCCCCCCCCC)OC(=O)CCCCCCC/C=C\CCCCC. The maximum Gasteiger partial charge on any atom is 0.306 e. The second-order valence-electron chi connectivity index (χ2n) is 15.7. The lowest BCUT2D eigenvalue weighted by Gasteiger charge is -2.18. The van der Waals surface area contributed by atoms with Crippen LogP contribution in [-0.2, 0) is 28.6 Å². The van der Waals surface area contributed by atoms with Crippen LogP contribution < -0.4 is 0 Å². The van der Waals surface area contributed by atoms with E-state index >= 15 is 0 Å². The van der Waals surface area contributed by atoms with E-state index in [1.807, 2.05) is 0 Å². The Bertz CT molecular complexity index is 880. The number of hydrogen-bond donors (Lipinski definition) is 0. The quantitative estimate of drug-likeness (QED) is 0.0267. The number of unbranched alkanes of at least 4 members (excludes halogenated alkanes) is 27. The van der Waals surface area contributed by atoms with E-state index in [1.54, 1.807) is 0 Å². The molecule has 0 aliphatic carbocycles. The Kier molecular flexibility index (Phi) is 41.9. The summed E-state index contributed by atoms with van der Waals surface area (Å²) in [4.78, 5) is 37.7. The summed E-state index contributed by atoms with van der Waals surface area (Å²) in [6.07, 6.45) is 47.2. The van der Waals surface area contributed by atoms with Gasteiger partial charge in [0, 0.05) is 19.3 Å². The molecule has 0 amide bonds. The van der Waals surface area contributed by atoms with Crippen molar-refractivity contribution in [3.05, 3.63) is 24.3 Å². The topological polar surface area (TPSA) is 78.9 Å². The van der Waals surface area contributed by atoms with Crippen LogP contribution in [0.25, 0.3) is 0 Å². The smallest absolute Gasteiger partial charge is 0.306 e. The van der Waals surface area contributed by atoms with Crippen LogP contribution in [0.1, 0.15) is 245 Å². The zero-order valence-electron chi connectivity index (χ0n) is 36.0. The summed E-state index contributed by atoms with van der Waals surface area (Å²) in [7, 11) is 0. The van der Waals surface area contributed by atoms with E-state index in [9.17, 15) is 14.4 Å². The molecule has 0 aromatic heterocycles. The van der Waals surface area contributed by atoms with Crippen LogP contribution >= 0.6 is 0 Å². The molecule has 0 saturated heterocycles. The first kappa shape index (κ1) is 51.9. The molecule has 54 heavy (non-hydrogen) atoms. The maximum absolute atomic E-state index is 12.7. The molecule has 0 aromatic carbocycles. The minimum absolute atomic E-state index is 0.0743. The van der Waals surface area contributed by atoms with E-state index in [0.29, 0.717) is 19.3 Å². The summed E-state index contributed by atoms with van der Waals surface area (Å²) in [5.41, 5.74) is 0. The van der Waals surface area contributed by atoms with Gasteiger partial charge < -0.3 is 14.2 Å². The molecule has 0 rings (SSSR count). The van der Waals surface area contributed by atoms with Gasteiger partial charge in [0.2, 0.25) is 0 Å². The summed E-state index contributed by atoms with van der Waals surface area (Å²) in [5.74, 6) is -0.888. The van der Waals surface area contributed by atoms with Gasteiger partial charge in [-0.3, -0.25) is 14.4 Å². The highest BCUT2D eigenvalue weighted by Gasteiger charge is 2.19. The Balaban J connectivity index is 4.37. The van der Waals surface area contributed by atoms with Crippen LogP contribution in [0, 0.1) is 0 Å². The van der Waals surface area contributed by atoms with E-state index in [-0.39, 0.29) is 31.1 Å².